The highest BCUT2D eigenvalue weighted by Crippen LogP contribution is 1.99. The van der Waals surface area contributed by atoms with Gasteiger partial charge in [-0.3, -0.25) is 10.0 Å². The smallest absolute Gasteiger partial charge is 0.283 e. The van der Waals surface area contributed by atoms with E-state index in [9.17, 15) is 9.00 Å². The van der Waals surface area contributed by atoms with E-state index in [1.165, 1.54) is 5.48 Å². The molecule has 0 aliphatic carbocycles. The molecule has 1 amide bonds. The van der Waals surface area contributed by atoms with Crippen molar-refractivity contribution in [3.8, 4) is 0 Å². The van der Waals surface area contributed by atoms with Crippen LogP contribution in [-0.4, -0.2) is 20.2 Å². The zero-order valence-electron chi connectivity index (χ0n) is 7.00. The molecule has 0 aromatic heterocycles. The first-order valence-electron chi connectivity index (χ1n) is 3.86. The molecule has 0 aliphatic heterocycles. The highest BCUT2D eigenvalue weighted by atomic mass is 32.1. The van der Waals surface area contributed by atoms with Crippen LogP contribution in [0.1, 0.15) is 32.6 Å². The van der Waals surface area contributed by atoms with Gasteiger partial charge in [0.05, 0.1) is 11.3 Å². The van der Waals surface area contributed by atoms with Crippen molar-refractivity contribution >= 4 is 22.0 Å². The second-order valence-corrected chi connectivity index (χ2v) is 3.06. The molecule has 0 heterocycles. The number of carbonyl (C=O) groups excluding carboxylic acids is 1. The van der Waals surface area contributed by atoms with E-state index in [-0.39, 0.29) is 16.1 Å². The van der Waals surface area contributed by atoms with E-state index in [2.05, 4.69) is 0 Å². The Morgan fingerprint density at radius 2 is 2.17 bits per heavy atom. The van der Waals surface area contributed by atoms with Gasteiger partial charge in [-0.15, -0.1) is 0 Å². The predicted octanol–water partition coefficient (Wildman–Crippen LogP) is 0.457. The van der Waals surface area contributed by atoms with Crippen molar-refractivity contribution < 1.29 is 14.2 Å². The molecule has 0 saturated carbocycles. The second-order valence-electron chi connectivity index (χ2n) is 2.40. The Balaban J connectivity index is 3.86. The quantitative estimate of drug-likeness (QED) is 0.287. The molecule has 0 radical (unpaired) electrons. The van der Waals surface area contributed by atoms with Crippen LogP contribution in [0.3, 0.4) is 0 Å². The molecule has 0 fully saturated rings. The van der Waals surface area contributed by atoms with Crippen LogP contribution in [-0.2, 0) is 16.1 Å². The standard InChI is InChI=1S/C7H13NO3S/c1-2-3-4-5-6(12-11)7(9)8-10/h10H,2-5H2,1H3,(H,8,9). The number of rotatable bonds is 5. The maximum atomic E-state index is 10.7. The summed E-state index contributed by atoms with van der Waals surface area (Å²) in [5.74, 6) is -0.675. The number of hydroxylamine groups is 1. The van der Waals surface area contributed by atoms with Gasteiger partial charge < -0.3 is 0 Å². The van der Waals surface area contributed by atoms with E-state index < -0.39 is 5.91 Å². The minimum absolute atomic E-state index is 0.144. The molecule has 0 aromatic carbocycles. The number of hydrogen-bond acceptors (Lipinski definition) is 3. The Morgan fingerprint density at radius 1 is 1.50 bits per heavy atom. The average Bonchev–Trinajstić information content (AvgIpc) is 2.11. The van der Waals surface area contributed by atoms with Crippen LogP contribution in [0.5, 0.6) is 0 Å². The van der Waals surface area contributed by atoms with E-state index in [0.717, 1.165) is 19.3 Å². The molecule has 70 valence electrons. The first-order valence-corrected chi connectivity index (χ1v) is 4.60. The van der Waals surface area contributed by atoms with Crippen molar-refractivity contribution in [2.24, 2.45) is 0 Å². The summed E-state index contributed by atoms with van der Waals surface area (Å²) in [6, 6.07) is 0. The number of unbranched alkanes of at least 4 members (excludes halogenated alkanes) is 2. The lowest BCUT2D eigenvalue weighted by Gasteiger charge is -1.98. The third-order valence-electron chi connectivity index (χ3n) is 1.46. The summed E-state index contributed by atoms with van der Waals surface area (Å²) in [5.41, 5.74) is 1.45. The highest BCUT2D eigenvalue weighted by Gasteiger charge is 2.08. The minimum atomic E-state index is -0.675. The molecule has 0 atom stereocenters. The molecular weight excluding hydrogens is 178 g/mol. The summed E-state index contributed by atoms with van der Waals surface area (Å²) < 4.78 is 10.3. The van der Waals surface area contributed by atoms with E-state index in [4.69, 9.17) is 5.21 Å². The third kappa shape index (κ3) is 4.25. The van der Waals surface area contributed by atoms with Crippen LogP contribution in [0.25, 0.3) is 0 Å². The fourth-order valence-corrected chi connectivity index (χ4v) is 1.14. The molecule has 0 aliphatic rings. The minimum Gasteiger partial charge on any atom is -0.288 e. The molecular formula is C7H13NO3S. The Kier molecular flexibility index (Phi) is 6.60. The summed E-state index contributed by atoms with van der Waals surface area (Å²) in [6.45, 7) is 2.04. The first-order chi connectivity index (χ1) is 5.76. The maximum Gasteiger partial charge on any atom is 0.283 e. The van der Waals surface area contributed by atoms with E-state index in [1.807, 2.05) is 6.92 Å². The lowest BCUT2D eigenvalue weighted by atomic mass is 10.1. The molecule has 0 saturated heterocycles. The summed E-state index contributed by atoms with van der Waals surface area (Å²) in [7, 11) is 0. The summed E-state index contributed by atoms with van der Waals surface area (Å²) in [6.07, 6.45) is 3.29. The van der Waals surface area contributed by atoms with Crippen molar-refractivity contribution in [2.75, 3.05) is 0 Å². The van der Waals surface area contributed by atoms with Gasteiger partial charge in [-0.05, 0) is 12.8 Å². The number of hydrogen-bond donors (Lipinski definition) is 2. The highest BCUT2D eigenvalue weighted by molar-refractivity contribution is 7.68. The van der Waals surface area contributed by atoms with Gasteiger partial charge in [-0.1, -0.05) is 19.8 Å². The molecule has 0 aromatic rings. The summed E-state index contributed by atoms with van der Waals surface area (Å²) in [4.78, 5) is 10.9. The molecule has 4 nitrogen and oxygen atoms in total. The van der Waals surface area contributed by atoms with Gasteiger partial charge in [0.1, 0.15) is 4.86 Å². The van der Waals surface area contributed by atoms with Crippen molar-refractivity contribution in [1.82, 2.24) is 5.48 Å². The van der Waals surface area contributed by atoms with Crippen molar-refractivity contribution in [2.45, 2.75) is 32.6 Å². The van der Waals surface area contributed by atoms with Crippen LogP contribution in [0.4, 0.5) is 0 Å². The molecule has 0 rings (SSSR count). The van der Waals surface area contributed by atoms with Crippen LogP contribution < -0.4 is 5.48 Å². The van der Waals surface area contributed by atoms with Crippen molar-refractivity contribution in [1.29, 1.82) is 0 Å². The first kappa shape index (κ1) is 11.3. The Labute approximate surface area is 75.0 Å². The van der Waals surface area contributed by atoms with Gasteiger partial charge in [0, 0.05) is 0 Å². The molecule has 0 bridgehead atoms. The zero-order valence-corrected chi connectivity index (χ0v) is 7.82. The van der Waals surface area contributed by atoms with Gasteiger partial charge in [-0.2, -0.15) is 0 Å². The largest absolute Gasteiger partial charge is 0.288 e. The number of amides is 1. The van der Waals surface area contributed by atoms with Crippen LogP contribution >= 0.6 is 0 Å². The van der Waals surface area contributed by atoms with Gasteiger partial charge in [0.15, 0.2) is 0 Å². The Bertz CT molecular complexity index is 199. The molecule has 12 heavy (non-hydrogen) atoms. The van der Waals surface area contributed by atoms with Gasteiger partial charge in [-0.25, -0.2) is 9.69 Å². The van der Waals surface area contributed by atoms with Crippen LogP contribution in [0.15, 0.2) is 0 Å². The normalized spacial score (nSPS) is 9.17. The van der Waals surface area contributed by atoms with Crippen molar-refractivity contribution in [3.63, 3.8) is 0 Å². The van der Waals surface area contributed by atoms with Gasteiger partial charge in [0.25, 0.3) is 5.91 Å². The molecule has 0 spiro atoms. The Morgan fingerprint density at radius 3 is 2.58 bits per heavy atom. The van der Waals surface area contributed by atoms with Gasteiger partial charge in [0.2, 0.25) is 0 Å². The van der Waals surface area contributed by atoms with Crippen LogP contribution in [0.2, 0.25) is 0 Å². The molecule has 5 heteroatoms. The monoisotopic (exact) mass is 191 g/mol. The number of carbonyl (C=O) groups is 1. The fraction of sp³-hybridized carbons (Fsp3) is 0.714. The SMILES string of the molecule is CCCCCC(=S=O)C(=O)NO. The third-order valence-corrected chi connectivity index (χ3v) is 2.05. The summed E-state index contributed by atoms with van der Waals surface area (Å²) in [5, 5.41) is 8.22. The molecule has 0 unspecified atom stereocenters. The van der Waals surface area contributed by atoms with Gasteiger partial charge >= 0.3 is 0 Å². The second kappa shape index (κ2) is 7.00. The zero-order chi connectivity index (χ0) is 9.40. The van der Waals surface area contributed by atoms with E-state index >= 15 is 0 Å². The van der Waals surface area contributed by atoms with Crippen LogP contribution in [0, 0.1) is 0 Å². The van der Waals surface area contributed by atoms with E-state index in [1.54, 1.807) is 0 Å². The van der Waals surface area contributed by atoms with E-state index in [0.29, 0.717) is 6.42 Å². The fourth-order valence-electron chi connectivity index (χ4n) is 0.791. The Hall–Kier alpha value is -0.680. The van der Waals surface area contributed by atoms with Crippen molar-refractivity contribution in [3.05, 3.63) is 0 Å². The lowest BCUT2D eigenvalue weighted by molar-refractivity contribution is -0.122. The lowest BCUT2D eigenvalue weighted by Crippen LogP contribution is -2.27. The summed E-state index contributed by atoms with van der Waals surface area (Å²) >= 11 is 0.148. The molecule has 2 N–H and O–H groups in total. The topological polar surface area (TPSA) is 66.4 Å². The number of nitrogens with one attached hydrogen (secondary N) is 1. The average molecular weight is 191 g/mol. The predicted molar refractivity (Wildman–Crippen MR) is 47.2 cm³/mol. The maximum absolute atomic E-state index is 10.7.